The van der Waals surface area contributed by atoms with Gasteiger partial charge in [0.25, 0.3) is 0 Å². The molecule has 1 amide bonds. The fourth-order valence-electron chi connectivity index (χ4n) is 3.07. The van der Waals surface area contributed by atoms with Crippen molar-refractivity contribution in [3.63, 3.8) is 0 Å². The Hall–Kier alpha value is -2.15. The zero-order valence-electron chi connectivity index (χ0n) is 18.4. The summed E-state index contributed by atoms with van der Waals surface area (Å²) in [6.45, 7) is 12.6. The molecule has 29 heavy (non-hydrogen) atoms. The smallest absolute Gasteiger partial charge is 0.234 e. The van der Waals surface area contributed by atoms with Crippen LogP contribution in [-0.4, -0.2) is 29.9 Å². The van der Waals surface area contributed by atoms with Gasteiger partial charge in [-0.1, -0.05) is 50.6 Å². The highest BCUT2D eigenvalue weighted by Gasteiger charge is 2.20. The van der Waals surface area contributed by atoms with Gasteiger partial charge in [0.15, 0.2) is 0 Å². The summed E-state index contributed by atoms with van der Waals surface area (Å²) in [6, 6.07) is 8.32. The van der Waals surface area contributed by atoms with Crippen LogP contribution >= 0.6 is 0 Å². The topological polar surface area (TPSA) is 81.1 Å². The fraction of sp³-hybridized carbons (Fsp3) is 0.545. The van der Waals surface area contributed by atoms with Crippen molar-refractivity contribution in [2.45, 2.75) is 67.3 Å². The second kappa shape index (κ2) is 9.11. The van der Waals surface area contributed by atoms with Crippen LogP contribution in [0, 0.1) is 26.2 Å². The minimum Gasteiger partial charge on any atom is -0.274 e. The average molecular weight is 420 g/mol. The van der Waals surface area contributed by atoms with E-state index in [9.17, 15) is 13.2 Å². The van der Waals surface area contributed by atoms with Crippen molar-refractivity contribution in [1.82, 2.24) is 14.5 Å². The van der Waals surface area contributed by atoms with E-state index in [1.807, 2.05) is 39.3 Å². The quantitative estimate of drug-likeness (QED) is 0.708. The van der Waals surface area contributed by atoms with Crippen molar-refractivity contribution >= 4 is 15.9 Å². The van der Waals surface area contributed by atoms with Gasteiger partial charge in [-0.05, 0) is 50.2 Å². The number of aromatic nitrogens is 2. The van der Waals surface area contributed by atoms with E-state index in [-0.39, 0.29) is 17.6 Å². The summed E-state index contributed by atoms with van der Waals surface area (Å²) in [6.07, 6.45) is 1.08. The average Bonchev–Trinajstić information content (AvgIpc) is 2.86. The SMILES string of the molecule is Cc1ccc(Cn2nc(C)c(CCC(=O)NS(=O)(=O)CCC(C)(C)C)c2C)cc1. The van der Waals surface area contributed by atoms with Crippen LogP contribution < -0.4 is 4.72 Å². The molecule has 0 saturated heterocycles. The van der Waals surface area contributed by atoms with E-state index in [1.165, 1.54) is 5.56 Å². The summed E-state index contributed by atoms with van der Waals surface area (Å²) >= 11 is 0. The van der Waals surface area contributed by atoms with E-state index < -0.39 is 15.9 Å². The molecule has 0 unspecified atom stereocenters. The number of amides is 1. The summed E-state index contributed by atoms with van der Waals surface area (Å²) in [5.41, 5.74) is 5.16. The van der Waals surface area contributed by atoms with Crippen LogP contribution in [0.15, 0.2) is 24.3 Å². The molecule has 0 radical (unpaired) electrons. The molecule has 2 aromatic rings. The number of benzene rings is 1. The van der Waals surface area contributed by atoms with Crippen molar-refractivity contribution in [2.75, 3.05) is 5.75 Å². The largest absolute Gasteiger partial charge is 0.274 e. The van der Waals surface area contributed by atoms with Gasteiger partial charge < -0.3 is 0 Å². The number of carbonyl (C=O) groups excluding carboxylic acids is 1. The maximum absolute atomic E-state index is 12.2. The lowest BCUT2D eigenvalue weighted by atomic mass is 9.94. The standard InChI is InChI=1S/C22H33N3O3S/c1-16-7-9-19(10-8-16)15-25-18(3)20(17(2)23-25)11-12-21(26)24-29(27,28)14-13-22(4,5)6/h7-10H,11-15H2,1-6H3,(H,24,26). The van der Waals surface area contributed by atoms with Gasteiger partial charge in [-0.2, -0.15) is 5.10 Å². The monoisotopic (exact) mass is 419 g/mol. The number of carbonyl (C=O) groups is 1. The Morgan fingerprint density at radius 1 is 1.10 bits per heavy atom. The van der Waals surface area contributed by atoms with Gasteiger partial charge in [0.2, 0.25) is 15.9 Å². The summed E-state index contributed by atoms with van der Waals surface area (Å²) in [4.78, 5) is 12.2. The summed E-state index contributed by atoms with van der Waals surface area (Å²) in [5, 5.41) is 4.60. The molecule has 0 bridgehead atoms. The van der Waals surface area contributed by atoms with Crippen LogP contribution in [0.2, 0.25) is 0 Å². The van der Waals surface area contributed by atoms with Crippen LogP contribution in [0.3, 0.4) is 0 Å². The van der Waals surface area contributed by atoms with Crippen molar-refractivity contribution < 1.29 is 13.2 Å². The first kappa shape index (κ1) is 23.1. The second-order valence-corrected chi connectivity index (χ2v) is 10.8. The molecule has 0 aliphatic heterocycles. The fourth-order valence-corrected chi connectivity index (χ4v) is 4.50. The molecule has 0 atom stereocenters. The third-order valence-electron chi connectivity index (χ3n) is 4.98. The zero-order chi connectivity index (χ0) is 21.8. The lowest BCUT2D eigenvalue weighted by Gasteiger charge is -2.17. The van der Waals surface area contributed by atoms with E-state index in [4.69, 9.17) is 0 Å². The molecular weight excluding hydrogens is 386 g/mol. The molecule has 0 fully saturated rings. The summed E-state index contributed by atoms with van der Waals surface area (Å²) in [7, 11) is -3.60. The number of aryl methyl sites for hydroxylation is 2. The van der Waals surface area contributed by atoms with Gasteiger partial charge >= 0.3 is 0 Å². The molecule has 1 aromatic carbocycles. The molecule has 0 saturated carbocycles. The Balaban J connectivity index is 1.97. The van der Waals surface area contributed by atoms with Crippen LogP contribution in [0.1, 0.15) is 61.7 Å². The van der Waals surface area contributed by atoms with Gasteiger partial charge in [0.05, 0.1) is 18.0 Å². The number of sulfonamides is 1. The number of rotatable bonds is 8. The lowest BCUT2D eigenvalue weighted by molar-refractivity contribution is -0.119. The van der Waals surface area contributed by atoms with E-state index in [2.05, 4.69) is 41.0 Å². The summed E-state index contributed by atoms with van der Waals surface area (Å²) in [5.74, 6) is -0.515. The Morgan fingerprint density at radius 3 is 2.31 bits per heavy atom. The zero-order valence-corrected chi connectivity index (χ0v) is 19.2. The molecule has 7 heteroatoms. The first-order valence-corrected chi connectivity index (χ1v) is 11.6. The molecule has 1 heterocycles. The predicted octanol–water partition coefficient (Wildman–Crippen LogP) is 3.67. The Bertz CT molecular complexity index is 952. The van der Waals surface area contributed by atoms with Crippen LogP contribution in [0.5, 0.6) is 0 Å². The van der Waals surface area contributed by atoms with Gasteiger partial charge in [-0.15, -0.1) is 0 Å². The molecular formula is C22H33N3O3S. The molecule has 160 valence electrons. The second-order valence-electron chi connectivity index (χ2n) is 8.95. The minimum absolute atomic E-state index is 0.0468. The molecule has 0 aliphatic rings. The Labute approximate surface area is 174 Å². The molecule has 0 spiro atoms. The van der Waals surface area contributed by atoms with Crippen LogP contribution in [0.25, 0.3) is 0 Å². The van der Waals surface area contributed by atoms with E-state index >= 15 is 0 Å². The van der Waals surface area contributed by atoms with E-state index in [0.29, 0.717) is 19.4 Å². The number of hydrogen-bond donors (Lipinski definition) is 1. The van der Waals surface area contributed by atoms with Crippen molar-refractivity contribution in [3.8, 4) is 0 Å². The third kappa shape index (κ3) is 7.31. The van der Waals surface area contributed by atoms with E-state index in [1.54, 1.807) is 0 Å². The number of nitrogens with one attached hydrogen (secondary N) is 1. The molecule has 1 N–H and O–H groups in total. The normalized spacial score (nSPS) is 12.2. The first-order chi connectivity index (χ1) is 13.4. The van der Waals surface area contributed by atoms with Crippen molar-refractivity contribution in [3.05, 3.63) is 52.3 Å². The highest BCUT2D eigenvalue weighted by atomic mass is 32.2. The van der Waals surface area contributed by atoms with Gasteiger partial charge in [-0.25, -0.2) is 8.42 Å². The lowest BCUT2D eigenvalue weighted by Crippen LogP contribution is -2.33. The predicted molar refractivity (Wildman–Crippen MR) is 116 cm³/mol. The van der Waals surface area contributed by atoms with Gasteiger partial charge in [-0.3, -0.25) is 14.2 Å². The van der Waals surface area contributed by atoms with Crippen LogP contribution in [-0.2, 0) is 27.8 Å². The highest BCUT2D eigenvalue weighted by Crippen LogP contribution is 2.19. The first-order valence-electron chi connectivity index (χ1n) is 9.98. The Kier molecular flexibility index (Phi) is 7.27. The highest BCUT2D eigenvalue weighted by molar-refractivity contribution is 7.90. The van der Waals surface area contributed by atoms with Crippen molar-refractivity contribution in [2.24, 2.45) is 5.41 Å². The van der Waals surface area contributed by atoms with E-state index in [0.717, 1.165) is 22.5 Å². The molecule has 1 aromatic heterocycles. The maximum Gasteiger partial charge on any atom is 0.234 e. The minimum atomic E-state index is -3.60. The summed E-state index contributed by atoms with van der Waals surface area (Å²) < 4.78 is 28.4. The van der Waals surface area contributed by atoms with Gasteiger partial charge in [0.1, 0.15) is 0 Å². The Morgan fingerprint density at radius 2 is 1.72 bits per heavy atom. The third-order valence-corrected chi connectivity index (χ3v) is 6.26. The van der Waals surface area contributed by atoms with Crippen molar-refractivity contribution in [1.29, 1.82) is 0 Å². The number of nitrogens with zero attached hydrogens (tertiary/aromatic N) is 2. The van der Waals surface area contributed by atoms with Crippen LogP contribution in [0.4, 0.5) is 0 Å². The molecule has 6 nitrogen and oxygen atoms in total. The maximum atomic E-state index is 12.2. The molecule has 2 rings (SSSR count). The molecule has 0 aliphatic carbocycles. The van der Waals surface area contributed by atoms with Gasteiger partial charge in [0, 0.05) is 12.1 Å². The number of hydrogen-bond acceptors (Lipinski definition) is 4.